The van der Waals surface area contributed by atoms with Crippen molar-refractivity contribution in [3.63, 3.8) is 0 Å². The molecule has 0 radical (unpaired) electrons. The van der Waals surface area contributed by atoms with Gasteiger partial charge in [-0.2, -0.15) is 5.10 Å². The zero-order chi connectivity index (χ0) is 19.5. The van der Waals surface area contributed by atoms with Crippen molar-refractivity contribution in [2.75, 3.05) is 7.11 Å². The summed E-state index contributed by atoms with van der Waals surface area (Å²) in [6, 6.07) is 17.1. The van der Waals surface area contributed by atoms with E-state index in [4.69, 9.17) is 9.72 Å². The fourth-order valence-electron chi connectivity index (χ4n) is 2.99. The van der Waals surface area contributed by atoms with E-state index in [-0.39, 0.29) is 5.91 Å². The SMILES string of the molecule is CCc1nn2c(CNC(=O)c3cccc(OC)c3)c(-c3ccccc3)nc2s1. The highest BCUT2D eigenvalue weighted by molar-refractivity contribution is 7.16. The summed E-state index contributed by atoms with van der Waals surface area (Å²) in [4.78, 5) is 18.3. The van der Waals surface area contributed by atoms with Crippen LogP contribution < -0.4 is 10.1 Å². The minimum absolute atomic E-state index is 0.168. The van der Waals surface area contributed by atoms with Crippen LogP contribution in [0.1, 0.15) is 28.0 Å². The van der Waals surface area contributed by atoms with Crippen LogP contribution >= 0.6 is 11.3 Å². The van der Waals surface area contributed by atoms with Crippen LogP contribution in [0.4, 0.5) is 0 Å². The van der Waals surface area contributed by atoms with E-state index in [1.165, 1.54) is 0 Å². The quantitative estimate of drug-likeness (QED) is 0.539. The molecule has 7 heteroatoms. The van der Waals surface area contributed by atoms with Crippen LogP contribution in [0.2, 0.25) is 0 Å². The first kappa shape index (κ1) is 18.2. The van der Waals surface area contributed by atoms with E-state index >= 15 is 0 Å². The molecule has 0 aliphatic carbocycles. The number of benzene rings is 2. The Bertz CT molecular complexity index is 1120. The van der Waals surface area contributed by atoms with E-state index in [2.05, 4.69) is 17.3 Å². The molecular weight excluding hydrogens is 372 g/mol. The normalized spacial score (nSPS) is 10.9. The molecule has 4 aromatic rings. The van der Waals surface area contributed by atoms with E-state index in [0.717, 1.165) is 33.3 Å². The third kappa shape index (κ3) is 3.48. The summed E-state index contributed by atoms with van der Waals surface area (Å²) in [5.74, 6) is 0.482. The molecule has 0 aliphatic heterocycles. The Hall–Kier alpha value is -3.19. The van der Waals surface area contributed by atoms with Gasteiger partial charge in [-0.1, -0.05) is 54.7 Å². The minimum Gasteiger partial charge on any atom is -0.497 e. The van der Waals surface area contributed by atoms with Crippen LogP contribution in [0.5, 0.6) is 5.75 Å². The molecule has 0 spiro atoms. The number of aromatic nitrogens is 3. The zero-order valence-corrected chi connectivity index (χ0v) is 16.5. The summed E-state index contributed by atoms with van der Waals surface area (Å²) in [5.41, 5.74) is 3.26. The Kier molecular flexibility index (Phi) is 5.08. The first-order valence-electron chi connectivity index (χ1n) is 9.04. The molecule has 0 saturated carbocycles. The van der Waals surface area contributed by atoms with E-state index < -0.39 is 0 Å². The molecule has 0 fully saturated rings. The van der Waals surface area contributed by atoms with Crippen LogP contribution in [-0.2, 0) is 13.0 Å². The first-order chi connectivity index (χ1) is 13.7. The number of rotatable bonds is 6. The monoisotopic (exact) mass is 392 g/mol. The lowest BCUT2D eigenvalue weighted by Gasteiger charge is -2.08. The van der Waals surface area contributed by atoms with Crippen LogP contribution in [0, 0.1) is 0 Å². The third-order valence-corrected chi connectivity index (χ3v) is 5.49. The predicted molar refractivity (Wildman–Crippen MR) is 110 cm³/mol. The zero-order valence-electron chi connectivity index (χ0n) is 15.7. The van der Waals surface area contributed by atoms with Gasteiger partial charge in [-0.25, -0.2) is 9.50 Å². The van der Waals surface area contributed by atoms with Crippen LogP contribution in [0.3, 0.4) is 0 Å². The van der Waals surface area contributed by atoms with Crippen molar-refractivity contribution in [2.45, 2.75) is 19.9 Å². The molecule has 2 heterocycles. The molecular formula is C21H20N4O2S. The van der Waals surface area contributed by atoms with Gasteiger partial charge in [0.2, 0.25) is 4.96 Å². The van der Waals surface area contributed by atoms with Gasteiger partial charge in [0.1, 0.15) is 10.8 Å². The van der Waals surface area contributed by atoms with Crippen molar-refractivity contribution in [3.8, 4) is 17.0 Å². The van der Waals surface area contributed by atoms with Gasteiger partial charge < -0.3 is 10.1 Å². The summed E-state index contributed by atoms with van der Waals surface area (Å²) in [6.07, 6.45) is 0.851. The highest BCUT2D eigenvalue weighted by atomic mass is 32.1. The lowest BCUT2D eigenvalue weighted by Crippen LogP contribution is -2.24. The molecule has 0 atom stereocenters. The molecule has 0 aliphatic rings. The van der Waals surface area contributed by atoms with Gasteiger partial charge in [0.25, 0.3) is 5.91 Å². The number of methoxy groups -OCH3 is 1. The fourth-order valence-corrected chi connectivity index (χ4v) is 3.84. The number of carbonyl (C=O) groups excluding carboxylic acids is 1. The summed E-state index contributed by atoms with van der Waals surface area (Å²) >= 11 is 1.57. The fraction of sp³-hybridized carbons (Fsp3) is 0.190. The van der Waals surface area contributed by atoms with E-state index in [1.807, 2.05) is 40.9 Å². The van der Waals surface area contributed by atoms with Crippen molar-refractivity contribution < 1.29 is 9.53 Å². The number of nitrogens with zero attached hydrogens (tertiary/aromatic N) is 3. The van der Waals surface area contributed by atoms with Crippen molar-refractivity contribution in [3.05, 3.63) is 70.9 Å². The van der Waals surface area contributed by atoms with E-state index in [1.54, 1.807) is 36.6 Å². The average Bonchev–Trinajstić information content (AvgIpc) is 3.30. The number of nitrogens with one attached hydrogen (secondary N) is 1. The molecule has 2 aromatic heterocycles. The van der Waals surface area contributed by atoms with Gasteiger partial charge in [-0.15, -0.1) is 0 Å². The van der Waals surface area contributed by atoms with Gasteiger partial charge >= 0.3 is 0 Å². The summed E-state index contributed by atoms with van der Waals surface area (Å²) in [6.45, 7) is 2.40. The molecule has 4 rings (SSSR count). The van der Waals surface area contributed by atoms with Crippen molar-refractivity contribution in [1.82, 2.24) is 19.9 Å². The molecule has 2 aromatic carbocycles. The summed E-state index contributed by atoms with van der Waals surface area (Å²) < 4.78 is 7.05. The van der Waals surface area contributed by atoms with E-state index in [9.17, 15) is 4.79 Å². The molecule has 1 N–H and O–H groups in total. The lowest BCUT2D eigenvalue weighted by molar-refractivity contribution is 0.0950. The molecule has 6 nitrogen and oxygen atoms in total. The van der Waals surface area contributed by atoms with E-state index in [0.29, 0.717) is 17.9 Å². The Morgan fingerprint density at radius 3 is 2.75 bits per heavy atom. The number of carbonyl (C=O) groups is 1. The molecule has 0 saturated heterocycles. The molecule has 28 heavy (non-hydrogen) atoms. The average molecular weight is 392 g/mol. The Morgan fingerprint density at radius 2 is 2.00 bits per heavy atom. The Balaban J connectivity index is 1.66. The van der Waals surface area contributed by atoms with Gasteiger partial charge in [-0.3, -0.25) is 4.79 Å². The smallest absolute Gasteiger partial charge is 0.251 e. The molecule has 0 unspecified atom stereocenters. The number of fused-ring (bicyclic) bond motifs is 1. The second kappa shape index (κ2) is 7.82. The highest BCUT2D eigenvalue weighted by Crippen LogP contribution is 2.27. The number of imidazole rings is 1. The molecule has 142 valence electrons. The minimum atomic E-state index is -0.168. The maximum Gasteiger partial charge on any atom is 0.251 e. The van der Waals surface area contributed by atoms with Crippen LogP contribution in [0.25, 0.3) is 16.2 Å². The van der Waals surface area contributed by atoms with Gasteiger partial charge in [0, 0.05) is 11.1 Å². The standard InChI is InChI=1S/C21H20N4O2S/c1-3-18-24-25-17(13-22-20(26)15-10-7-11-16(12-15)27-2)19(23-21(25)28-18)14-8-5-4-6-9-14/h4-12H,3,13H2,1-2H3,(H,22,26). The second-order valence-corrected chi connectivity index (χ2v) is 7.27. The number of ether oxygens (including phenoxy) is 1. The largest absolute Gasteiger partial charge is 0.497 e. The van der Waals surface area contributed by atoms with Gasteiger partial charge in [-0.05, 0) is 24.6 Å². The Labute approximate surface area is 166 Å². The number of hydrogen-bond donors (Lipinski definition) is 1. The predicted octanol–water partition coefficient (Wildman–Crippen LogP) is 3.96. The highest BCUT2D eigenvalue weighted by Gasteiger charge is 2.18. The van der Waals surface area contributed by atoms with Gasteiger partial charge in [0.05, 0.1) is 25.0 Å². The third-order valence-electron chi connectivity index (χ3n) is 4.44. The van der Waals surface area contributed by atoms with Gasteiger partial charge in [0.15, 0.2) is 0 Å². The van der Waals surface area contributed by atoms with Crippen LogP contribution in [-0.4, -0.2) is 27.6 Å². The molecule has 1 amide bonds. The number of amides is 1. The number of aryl methyl sites for hydroxylation is 1. The molecule has 0 bridgehead atoms. The number of hydrogen-bond acceptors (Lipinski definition) is 5. The van der Waals surface area contributed by atoms with Crippen molar-refractivity contribution >= 4 is 22.2 Å². The maximum absolute atomic E-state index is 12.6. The van der Waals surface area contributed by atoms with Crippen molar-refractivity contribution in [1.29, 1.82) is 0 Å². The topological polar surface area (TPSA) is 68.5 Å². The van der Waals surface area contributed by atoms with Crippen molar-refractivity contribution in [2.24, 2.45) is 0 Å². The lowest BCUT2D eigenvalue weighted by atomic mass is 10.1. The summed E-state index contributed by atoms with van der Waals surface area (Å²) in [5, 5.41) is 8.66. The Morgan fingerprint density at radius 1 is 1.18 bits per heavy atom. The second-order valence-electron chi connectivity index (χ2n) is 6.23. The first-order valence-corrected chi connectivity index (χ1v) is 9.86. The maximum atomic E-state index is 12.6. The van der Waals surface area contributed by atoms with Crippen LogP contribution in [0.15, 0.2) is 54.6 Å². The summed E-state index contributed by atoms with van der Waals surface area (Å²) in [7, 11) is 1.58.